The molecule has 0 bridgehead atoms. The van der Waals surface area contributed by atoms with E-state index in [4.69, 9.17) is 24.7 Å². The molecule has 4 atom stereocenters. The van der Waals surface area contributed by atoms with Crippen LogP contribution in [0, 0.1) is 17.8 Å². The van der Waals surface area contributed by atoms with E-state index in [0.29, 0.717) is 12.0 Å². The molecule has 33 heavy (non-hydrogen) atoms. The molecule has 2 aliphatic rings. The first-order valence-corrected chi connectivity index (χ1v) is 11.1. The molecule has 1 saturated heterocycles. The first-order chi connectivity index (χ1) is 15.4. The Kier molecular flexibility index (Phi) is 9.04. The van der Waals surface area contributed by atoms with Gasteiger partial charge in [0.1, 0.15) is 12.7 Å². The Balaban J connectivity index is 2.40. The summed E-state index contributed by atoms with van der Waals surface area (Å²) in [6.07, 6.45) is 1.32. The van der Waals surface area contributed by atoms with Crippen LogP contribution < -0.4 is 5.73 Å². The van der Waals surface area contributed by atoms with Crippen molar-refractivity contribution in [1.82, 2.24) is 4.90 Å². The van der Waals surface area contributed by atoms with Crippen molar-refractivity contribution in [3.8, 4) is 0 Å². The maximum absolute atomic E-state index is 12.5. The number of amides is 1. The van der Waals surface area contributed by atoms with Gasteiger partial charge < -0.3 is 29.6 Å². The monoisotopic (exact) mass is 466 g/mol. The van der Waals surface area contributed by atoms with Gasteiger partial charge in [0, 0.05) is 18.0 Å². The van der Waals surface area contributed by atoms with Crippen molar-refractivity contribution >= 4 is 23.8 Å². The molecule has 0 unspecified atom stereocenters. The van der Waals surface area contributed by atoms with Gasteiger partial charge in [-0.15, -0.1) is 0 Å². The lowest BCUT2D eigenvalue weighted by atomic mass is 10.1. The first-order valence-electron chi connectivity index (χ1n) is 11.1. The Labute approximate surface area is 194 Å². The first kappa shape index (κ1) is 26.4. The van der Waals surface area contributed by atoms with E-state index in [2.05, 4.69) is 0 Å². The smallest absolute Gasteiger partial charge is 0.308 e. The zero-order valence-electron chi connectivity index (χ0n) is 20.0. The van der Waals surface area contributed by atoms with E-state index < -0.39 is 60.2 Å². The minimum atomic E-state index is -1.04. The minimum absolute atomic E-state index is 0.205. The highest BCUT2D eigenvalue weighted by Gasteiger charge is 2.52. The van der Waals surface area contributed by atoms with E-state index in [9.17, 15) is 19.2 Å². The zero-order valence-corrected chi connectivity index (χ0v) is 20.0. The predicted octanol–water partition coefficient (Wildman–Crippen LogP) is 1.63. The highest BCUT2D eigenvalue weighted by atomic mass is 16.7. The number of carbonyl (C=O) groups excluding carboxylic acids is 4. The molecule has 0 spiro atoms. The number of hydrogen-bond donors (Lipinski definition) is 1. The molecule has 2 heterocycles. The summed E-state index contributed by atoms with van der Waals surface area (Å²) in [5.41, 5.74) is 5.76. The van der Waals surface area contributed by atoms with E-state index in [-0.39, 0.29) is 12.5 Å². The Morgan fingerprint density at radius 2 is 1.52 bits per heavy atom. The number of nitrogens with zero attached hydrogens (tertiary/aromatic N) is 1. The molecule has 184 valence electrons. The van der Waals surface area contributed by atoms with Crippen LogP contribution in [0.4, 0.5) is 0 Å². The van der Waals surface area contributed by atoms with Crippen molar-refractivity contribution in [2.75, 3.05) is 6.61 Å². The number of primary amides is 1. The van der Waals surface area contributed by atoms with Crippen LogP contribution in [-0.2, 0) is 38.1 Å². The number of esters is 3. The van der Waals surface area contributed by atoms with E-state index in [1.807, 2.05) is 0 Å². The summed E-state index contributed by atoms with van der Waals surface area (Å²) in [4.78, 5) is 50.2. The maximum Gasteiger partial charge on any atom is 0.308 e. The number of allylic oxidation sites excluding steroid dienone is 1. The molecular weight excluding hydrogens is 432 g/mol. The summed E-state index contributed by atoms with van der Waals surface area (Å²) in [5, 5.41) is 0. The Hall–Kier alpha value is -2.88. The van der Waals surface area contributed by atoms with Gasteiger partial charge in [-0.2, -0.15) is 0 Å². The van der Waals surface area contributed by atoms with Crippen LogP contribution in [0.1, 0.15) is 48.0 Å². The summed E-state index contributed by atoms with van der Waals surface area (Å²) >= 11 is 0. The Bertz CT molecular complexity index is 817. The third kappa shape index (κ3) is 6.80. The lowest BCUT2D eigenvalue weighted by molar-refractivity contribution is -0.173. The lowest BCUT2D eigenvalue weighted by Crippen LogP contribution is -2.46. The average molecular weight is 467 g/mol. The van der Waals surface area contributed by atoms with Crippen LogP contribution in [0.15, 0.2) is 24.0 Å². The molecule has 0 saturated carbocycles. The van der Waals surface area contributed by atoms with Gasteiger partial charge in [-0.05, 0) is 6.42 Å². The number of nitrogens with two attached hydrogens (primary N) is 1. The normalized spacial score (nSPS) is 24.8. The third-order valence-electron chi connectivity index (χ3n) is 5.12. The molecule has 0 radical (unpaired) electrons. The van der Waals surface area contributed by atoms with E-state index >= 15 is 0 Å². The molecule has 0 aromatic rings. The molecule has 0 aromatic carbocycles. The van der Waals surface area contributed by atoms with Crippen molar-refractivity contribution in [2.24, 2.45) is 23.5 Å². The molecule has 10 heteroatoms. The largest absolute Gasteiger partial charge is 0.463 e. The van der Waals surface area contributed by atoms with Crippen LogP contribution in [0.25, 0.3) is 0 Å². The molecule has 1 amide bonds. The summed E-state index contributed by atoms with van der Waals surface area (Å²) in [6.45, 7) is 9.88. The van der Waals surface area contributed by atoms with Crippen molar-refractivity contribution in [3.05, 3.63) is 24.0 Å². The Morgan fingerprint density at radius 1 is 0.970 bits per heavy atom. The molecule has 1 fully saturated rings. The fraction of sp³-hybridized carbons (Fsp3) is 0.652. The van der Waals surface area contributed by atoms with Crippen molar-refractivity contribution in [2.45, 2.75) is 72.5 Å². The predicted molar refractivity (Wildman–Crippen MR) is 117 cm³/mol. The van der Waals surface area contributed by atoms with Gasteiger partial charge in [0.25, 0.3) is 0 Å². The van der Waals surface area contributed by atoms with Crippen LogP contribution in [0.2, 0.25) is 0 Å². The molecule has 0 aromatic heterocycles. The number of hydrogen-bond acceptors (Lipinski definition) is 9. The summed E-state index contributed by atoms with van der Waals surface area (Å²) in [6, 6.07) is 0. The molecular formula is C23H34N2O8. The van der Waals surface area contributed by atoms with Gasteiger partial charge in [-0.1, -0.05) is 47.6 Å². The number of ether oxygens (including phenoxy) is 4. The maximum atomic E-state index is 12.5. The van der Waals surface area contributed by atoms with Gasteiger partial charge in [-0.25, -0.2) is 0 Å². The lowest BCUT2D eigenvalue weighted by Gasteiger charge is -2.31. The second-order valence-corrected chi connectivity index (χ2v) is 9.02. The fourth-order valence-corrected chi connectivity index (χ4v) is 3.12. The van der Waals surface area contributed by atoms with Gasteiger partial charge in [0.2, 0.25) is 5.91 Å². The third-order valence-corrected chi connectivity index (χ3v) is 5.12. The van der Waals surface area contributed by atoms with E-state index in [0.717, 1.165) is 0 Å². The standard InChI is InChI=1S/C23H34N2O8/c1-12(2)21(27)30-11-16-17(32-22(28)13(3)4)18(33-23(29)14(5)6)20(31-16)25-9-7-8-15(10-25)19(24)26/h7,9-10,12-14,16-18,20H,8,11H2,1-6H3,(H2,24,26)/t16-,17-,18-,20-/m1/s1. The number of carbonyl (C=O) groups is 4. The summed E-state index contributed by atoms with van der Waals surface area (Å²) < 4.78 is 22.8. The van der Waals surface area contributed by atoms with Gasteiger partial charge in [0.15, 0.2) is 18.4 Å². The fourth-order valence-electron chi connectivity index (χ4n) is 3.12. The highest BCUT2D eigenvalue weighted by molar-refractivity contribution is 5.92. The molecule has 10 nitrogen and oxygen atoms in total. The zero-order chi connectivity index (χ0) is 24.9. The quantitative estimate of drug-likeness (QED) is 0.397. The van der Waals surface area contributed by atoms with E-state index in [1.165, 1.54) is 6.20 Å². The SMILES string of the molecule is CC(C)C(=O)OC[C@H]1O[C@@H](N2C=CCC(C(N)=O)=C2)[C@H](OC(=O)C(C)C)[C@@H]1OC(=O)C(C)C. The van der Waals surface area contributed by atoms with Crippen LogP contribution in [0.5, 0.6) is 0 Å². The molecule has 2 aliphatic heterocycles. The van der Waals surface area contributed by atoms with Crippen LogP contribution in [-0.4, -0.2) is 59.9 Å². The summed E-state index contributed by atoms with van der Waals surface area (Å²) in [5.74, 6) is -3.32. The van der Waals surface area contributed by atoms with Gasteiger partial charge >= 0.3 is 17.9 Å². The minimum Gasteiger partial charge on any atom is -0.463 e. The van der Waals surface area contributed by atoms with Crippen molar-refractivity contribution in [3.63, 3.8) is 0 Å². The topological polar surface area (TPSA) is 134 Å². The van der Waals surface area contributed by atoms with Crippen molar-refractivity contribution in [1.29, 1.82) is 0 Å². The van der Waals surface area contributed by atoms with Gasteiger partial charge in [0.05, 0.1) is 17.8 Å². The molecule has 2 rings (SSSR count). The Morgan fingerprint density at radius 3 is 2.03 bits per heavy atom. The molecule has 2 N–H and O–H groups in total. The van der Waals surface area contributed by atoms with E-state index in [1.54, 1.807) is 58.7 Å². The second kappa shape index (κ2) is 11.3. The van der Waals surface area contributed by atoms with Crippen molar-refractivity contribution < 1.29 is 38.1 Å². The highest BCUT2D eigenvalue weighted by Crippen LogP contribution is 2.32. The average Bonchev–Trinajstić information content (AvgIpc) is 3.08. The second-order valence-electron chi connectivity index (χ2n) is 9.02. The van der Waals surface area contributed by atoms with Crippen LogP contribution >= 0.6 is 0 Å². The number of rotatable bonds is 9. The van der Waals surface area contributed by atoms with Gasteiger partial charge in [-0.3, -0.25) is 19.2 Å². The molecule has 0 aliphatic carbocycles. The summed E-state index contributed by atoms with van der Waals surface area (Å²) in [7, 11) is 0. The van der Waals surface area contributed by atoms with Crippen LogP contribution in [0.3, 0.4) is 0 Å².